The molecule has 1 aromatic rings. The van der Waals surface area contributed by atoms with Crippen molar-refractivity contribution >= 4 is 11.8 Å². The first kappa shape index (κ1) is 18.6. The molecule has 0 amide bonds. The third kappa shape index (κ3) is 8.74. The summed E-state index contributed by atoms with van der Waals surface area (Å²) < 4.78 is 0. The highest BCUT2D eigenvalue weighted by molar-refractivity contribution is 8.00. The number of allylic oxidation sites excluding steroid dienone is 7. The van der Waals surface area contributed by atoms with Gasteiger partial charge in [-0.15, -0.1) is 11.8 Å². The van der Waals surface area contributed by atoms with Crippen molar-refractivity contribution < 1.29 is 0 Å². The third-order valence-electron chi connectivity index (χ3n) is 3.24. The molecule has 0 aliphatic heterocycles. The van der Waals surface area contributed by atoms with E-state index >= 15 is 0 Å². The van der Waals surface area contributed by atoms with Gasteiger partial charge in [-0.1, -0.05) is 65.8 Å². The van der Waals surface area contributed by atoms with E-state index in [-0.39, 0.29) is 0 Å². The second-order valence-electron chi connectivity index (χ2n) is 5.53. The topological polar surface area (TPSA) is 0 Å². The highest BCUT2D eigenvalue weighted by Crippen LogP contribution is 2.24. The SMILES string of the molecule is CC=CCCC(C)=CC=CC(C)=CC(C)Sc1ccccc1. The molecule has 0 saturated heterocycles. The molecule has 0 aliphatic rings. The van der Waals surface area contributed by atoms with Crippen LogP contribution in [0.2, 0.25) is 0 Å². The molecular formula is C21H28S. The van der Waals surface area contributed by atoms with Gasteiger partial charge in [-0.05, 0) is 52.7 Å². The van der Waals surface area contributed by atoms with E-state index in [0.717, 1.165) is 12.8 Å². The first-order chi connectivity index (χ1) is 10.6. The number of benzene rings is 1. The highest BCUT2D eigenvalue weighted by atomic mass is 32.2. The van der Waals surface area contributed by atoms with Crippen molar-refractivity contribution in [3.8, 4) is 0 Å². The van der Waals surface area contributed by atoms with Crippen LogP contribution in [0.25, 0.3) is 0 Å². The molecule has 118 valence electrons. The Morgan fingerprint density at radius 1 is 1.18 bits per heavy atom. The Kier molecular flexibility index (Phi) is 9.41. The van der Waals surface area contributed by atoms with Crippen LogP contribution >= 0.6 is 11.8 Å². The average molecular weight is 313 g/mol. The van der Waals surface area contributed by atoms with Crippen LogP contribution in [0.5, 0.6) is 0 Å². The van der Waals surface area contributed by atoms with Crippen molar-refractivity contribution in [2.45, 2.75) is 50.7 Å². The Morgan fingerprint density at radius 2 is 1.91 bits per heavy atom. The molecule has 1 aromatic carbocycles. The third-order valence-corrected chi connectivity index (χ3v) is 4.30. The fraction of sp³-hybridized carbons (Fsp3) is 0.333. The molecule has 0 nitrogen and oxygen atoms in total. The minimum absolute atomic E-state index is 0.479. The van der Waals surface area contributed by atoms with E-state index in [0.29, 0.717) is 5.25 Å². The molecule has 0 spiro atoms. The van der Waals surface area contributed by atoms with Gasteiger partial charge in [0.1, 0.15) is 0 Å². The first-order valence-electron chi connectivity index (χ1n) is 7.97. The van der Waals surface area contributed by atoms with Crippen LogP contribution in [0, 0.1) is 0 Å². The number of rotatable bonds is 8. The zero-order chi connectivity index (χ0) is 16.2. The molecule has 0 heterocycles. The fourth-order valence-corrected chi connectivity index (χ4v) is 3.12. The maximum Gasteiger partial charge on any atom is 0.0251 e. The summed E-state index contributed by atoms with van der Waals surface area (Å²) in [7, 11) is 0. The maximum atomic E-state index is 2.32. The van der Waals surface area contributed by atoms with Crippen LogP contribution in [0.3, 0.4) is 0 Å². The predicted molar refractivity (Wildman–Crippen MR) is 102 cm³/mol. The summed E-state index contributed by atoms with van der Waals surface area (Å²) in [5, 5.41) is 0.479. The Labute approximate surface area is 140 Å². The van der Waals surface area contributed by atoms with Gasteiger partial charge in [-0.3, -0.25) is 0 Å². The zero-order valence-electron chi connectivity index (χ0n) is 14.3. The standard InChI is InChI=1S/C21H28S/c1-5-6-8-12-18(2)13-11-14-19(3)17-20(4)22-21-15-9-7-10-16-21/h5-7,9-11,13-17,20H,8,12H2,1-4H3. The maximum absolute atomic E-state index is 2.32. The number of thioether (sulfide) groups is 1. The number of hydrogen-bond acceptors (Lipinski definition) is 1. The minimum Gasteiger partial charge on any atom is -0.119 e. The van der Waals surface area contributed by atoms with Crippen molar-refractivity contribution in [1.82, 2.24) is 0 Å². The van der Waals surface area contributed by atoms with Crippen molar-refractivity contribution in [1.29, 1.82) is 0 Å². The first-order valence-corrected chi connectivity index (χ1v) is 8.85. The normalized spacial score (nSPS) is 14.9. The van der Waals surface area contributed by atoms with Crippen LogP contribution < -0.4 is 0 Å². The molecule has 1 atom stereocenters. The quantitative estimate of drug-likeness (QED) is 0.284. The highest BCUT2D eigenvalue weighted by Gasteiger charge is 2.00. The molecule has 0 radical (unpaired) electrons. The van der Waals surface area contributed by atoms with Crippen molar-refractivity contribution in [2.24, 2.45) is 0 Å². The van der Waals surface area contributed by atoms with Gasteiger partial charge in [0, 0.05) is 10.1 Å². The van der Waals surface area contributed by atoms with Crippen LogP contribution in [0.4, 0.5) is 0 Å². The van der Waals surface area contributed by atoms with Crippen molar-refractivity contribution in [3.05, 3.63) is 77.9 Å². The van der Waals surface area contributed by atoms with Gasteiger partial charge in [0.25, 0.3) is 0 Å². The molecule has 1 rings (SSSR count). The summed E-state index contributed by atoms with van der Waals surface area (Å²) in [6.07, 6.45) is 15.5. The summed E-state index contributed by atoms with van der Waals surface area (Å²) in [6.45, 7) is 8.68. The Morgan fingerprint density at radius 3 is 2.59 bits per heavy atom. The molecule has 1 unspecified atom stereocenters. The Bertz CT molecular complexity index is 532. The lowest BCUT2D eigenvalue weighted by molar-refractivity contribution is 0.976. The van der Waals surface area contributed by atoms with Crippen LogP contribution in [0.15, 0.2) is 82.8 Å². The lowest BCUT2D eigenvalue weighted by atomic mass is 10.1. The summed E-state index contributed by atoms with van der Waals surface area (Å²) in [5.41, 5.74) is 2.74. The van der Waals surface area contributed by atoms with Gasteiger partial charge in [-0.2, -0.15) is 0 Å². The van der Waals surface area contributed by atoms with E-state index < -0.39 is 0 Å². The van der Waals surface area contributed by atoms with Gasteiger partial charge in [0.15, 0.2) is 0 Å². The molecule has 0 aromatic heterocycles. The second-order valence-corrected chi connectivity index (χ2v) is 6.98. The molecule has 0 N–H and O–H groups in total. The van der Waals surface area contributed by atoms with Crippen LogP contribution in [-0.2, 0) is 0 Å². The average Bonchev–Trinajstić information content (AvgIpc) is 2.48. The molecule has 0 aliphatic carbocycles. The molecular weight excluding hydrogens is 284 g/mol. The zero-order valence-corrected chi connectivity index (χ0v) is 15.1. The summed E-state index contributed by atoms with van der Waals surface area (Å²) in [6, 6.07) is 10.6. The summed E-state index contributed by atoms with van der Waals surface area (Å²) >= 11 is 1.89. The van der Waals surface area contributed by atoms with E-state index in [9.17, 15) is 0 Å². The van der Waals surface area contributed by atoms with Gasteiger partial charge in [-0.25, -0.2) is 0 Å². The van der Waals surface area contributed by atoms with E-state index in [1.165, 1.54) is 16.0 Å². The van der Waals surface area contributed by atoms with E-state index in [1.54, 1.807) is 0 Å². The number of hydrogen-bond donors (Lipinski definition) is 0. The largest absolute Gasteiger partial charge is 0.119 e. The van der Waals surface area contributed by atoms with E-state index in [1.807, 2.05) is 11.8 Å². The van der Waals surface area contributed by atoms with Gasteiger partial charge in [0.05, 0.1) is 0 Å². The molecule has 1 heteroatoms. The predicted octanol–water partition coefficient (Wildman–Crippen LogP) is 6.97. The van der Waals surface area contributed by atoms with Crippen molar-refractivity contribution in [2.75, 3.05) is 0 Å². The molecule has 22 heavy (non-hydrogen) atoms. The van der Waals surface area contributed by atoms with E-state index in [4.69, 9.17) is 0 Å². The van der Waals surface area contributed by atoms with Gasteiger partial charge < -0.3 is 0 Å². The summed E-state index contributed by atoms with van der Waals surface area (Å²) in [5.74, 6) is 0. The van der Waals surface area contributed by atoms with Crippen molar-refractivity contribution in [3.63, 3.8) is 0 Å². The van der Waals surface area contributed by atoms with Crippen LogP contribution in [0.1, 0.15) is 40.5 Å². The molecule has 0 bridgehead atoms. The van der Waals surface area contributed by atoms with Gasteiger partial charge >= 0.3 is 0 Å². The smallest absolute Gasteiger partial charge is 0.0251 e. The monoisotopic (exact) mass is 312 g/mol. The fourth-order valence-electron chi connectivity index (χ4n) is 2.10. The second kappa shape index (κ2) is 11.1. The lowest BCUT2D eigenvalue weighted by Gasteiger charge is -2.06. The summed E-state index contributed by atoms with van der Waals surface area (Å²) in [4.78, 5) is 1.32. The minimum atomic E-state index is 0.479. The van der Waals surface area contributed by atoms with Gasteiger partial charge in [0.2, 0.25) is 0 Å². The molecule has 0 fully saturated rings. The van der Waals surface area contributed by atoms with E-state index in [2.05, 4.69) is 94.5 Å². The molecule has 0 saturated carbocycles. The van der Waals surface area contributed by atoms with Crippen LogP contribution in [-0.4, -0.2) is 5.25 Å². The Hall–Kier alpha value is -1.47. The Balaban J connectivity index is 2.47. The lowest BCUT2D eigenvalue weighted by Crippen LogP contribution is -1.90.